The molecule has 2 heteroatoms. The molecule has 0 bridgehead atoms. The highest BCUT2D eigenvalue weighted by Crippen LogP contribution is 2.39. The highest BCUT2D eigenvalue weighted by molar-refractivity contribution is 9.10. The van der Waals surface area contributed by atoms with Crippen molar-refractivity contribution in [2.24, 2.45) is 11.8 Å². The second-order valence-electron chi connectivity index (χ2n) is 4.63. The van der Waals surface area contributed by atoms with Crippen molar-refractivity contribution in [2.75, 3.05) is 0 Å². The third-order valence-corrected chi connectivity index (χ3v) is 4.22. The maximum absolute atomic E-state index is 4.49. The first kappa shape index (κ1) is 11.1. The molecule has 0 aliphatic heterocycles. The Kier molecular flexibility index (Phi) is 3.45. The van der Waals surface area contributed by atoms with E-state index in [0.29, 0.717) is 0 Å². The fourth-order valence-corrected chi connectivity index (χ4v) is 2.41. The van der Waals surface area contributed by atoms with Gasteiger partial charge < -0.3 is 0 Å². The largest absolute Gasteiger partial charge is 0.260 e. The summed E-state index contributed by atoms with van der Waals surface area (Å²) in [6.45, 7) is 4.43. The molecule has 1 saturated carbocycles. The molecular weight excluding hydrogens is 250 g/mol. The summed E-state index contributed by atoms with van der Waals surface area (Å²) in [7, 11) is 0. The Morgan fingerprint density at radius 1 is 1.53 bits per heavy atom. The number of rotatable bonds is 4. The van der Waals surface area contributed by atoms with Crippen LogP contribution in [0.4, 0.5) is 0 Å². The van der Waals surface area contributed by atoms with Gasteiger partial charge in [0.2, 0.25) is 0 Å². The normalized spacial score (nSPS) is 17.8. The van der Waals surface area contributed by atoms with E-state index in [2.05, 4.69) is 40.8 Å². The fraction of sp³-hybridized carbons (Fsp3) is 0.615. The smallest absolute Gasteiger partial charge is 0.0416 e. The predicted octanol–water partition coefficient (Wildman–Crippen LogP) is 4.13. The molecule has 1 aliphatic rings. The third kappa shape index (κ3) is 2.81. The summed E-state index contributed by atoms with van der Waals surface area (Å²) in [6.07, 6.45) is 7.27. The summed E-state index contributed by atoms with van der Waals surface area (Å²) in [6, 6.07) is 2.22. The number of nitrogens with zero attached hydrogens (tertiary/aromatic N) is 1. The molecule has 0 spiro atoms. The second kappa shape index (κ2) is 4.65. The van der Waals surface area contributed by atoms with Crippen molar-refractivity contribution in [1.82, 2.24) is 4.98 Å². The minimum absolute atomic E-state index is 0.859. The highest BCUT2D eigenvalue weighted by Gasteiger charge is 2.29. The first-order chi connectivity index (χ1) is 7.20. The molecule has 1 nitrogen and oxygen atoms in total. The van der Waals surface area contributed by atoms with Crippen LogP contribution in [0.3, 0.4) is 0 Å². The number of aromatic nitrogens is 1. The van der Waals surface area contributed by atoms with Crippen LogP contribution in [0.25, 0.3) is 0 Å². The van der Waals surface area contributed by atoms with Crippen LogP contribution in [0.2, 0.25) is 0 Å². The first-order valence-corrected chi connectivity index (χ1v) is 6.61. The van der Waals surface area contributed by atoms with E-state index in [1.165, 1.54) is 30.5 Å². The van der Waals surface area contributed by atoms with E-state index in [-0.39, 0.29) is 0 Å². The summed E-state index contributed by atoms with van der Waals surface area (Å²) in [5, 5.41) is 0. The zero-order valence-corrected chi connectivity index (χ0v) is 11.0. The predicted molar refractivity (Wildman–Crippen MR) is 66.9 cm³/mol. The van der Waals surface area contributed by atoms with Crippen LogP contribution in [0.5, 0.6) is 0 Å². The van der Waals surface area contributed by atoms with Gasteiger partial charge >= 0.3 is 0 Å². The van der Waals surface area contributed by atoms with Crippen LogP contribution >= 0.6 is 15.9 Å². The van der Waals surface area contributed by atoms with Crippen LogP contribution in [0.1, 0.15) is 37.4 Å². The number of pyridine rings is 1. The van der Waals surface area contributed by atoms with Gasteiger partial charge in [0.05, 0.1) is 0 Å². The average Bonchev–Trinajstić information content (AvgIpc) is 3.03. The van der Waals surface area contributed by atoms with Gasteiger partial charge in [-0.25, -0.2) is 0 Å². The summed E-state index contributed by atoms with van der Waals surface area (Å²) >= 11 is 3.49. The maximum Gasteiger partial charge on any atom is 0.0416 e. The topological polar surface area (TPSA) is 12.9 Å². The number of aryl methyl sites for hydroxylation is 1. The van der Waals surface area contributed by atoms with Crippen molar-refractivity contribution < 1.29 is 0 Å². The molecule has 82 valence electrons. The zero-order valence-electron chi connectivity index (χ0n) is 9.46. The van der Waals surface area contributed by atoms with E-state index >= 15 is 0 Å². The minimum atomic E-state index is 0.859. The van der Waals surface area contributed by atoms with Gasteiger partial charge in [0.15, 0.2) is 0 Å². The quantitative estimate of drug-likeness (QED) is 0.800. The Hall–Kier alpha value is -0.370. The Morgan fingerprint density at radius 2 is 2.27 bits per heavy atom. The van der Waals surface area contributed by atoms with E-state index in [1.807, 2.05) is 6.20 Å². The monoisotopic (exact) mass is 267 g/mol. The lowest BCUT2D eigenvalue weighted by molar-refractivity contribution is 0.440. The molecule has 1 atom stereocenters. The van der Waals surface area contributed by atoms with E-state index < -0.39 is 0 Å². The molecule has 15 heavy (non-hydrogen) atoms. The molecule has 2 rings (SSSR count). The van der Waals surface area contributed by atoms with E-state index in [0.717, 1.165) is 22.7 Å². The number of halogens is 1. The fourth-order valence-electron chi connectivity index (χ4n) is 2.19. The van der Waals surface area contributed by atoms with Gasteiger partial charge in [-0.1, -0.05) is 13.3 Å². The van der Waals surface area contributed by atoms with E-state index in [1.54, 1.807) is 0 Å². The van der Waals surface area contributed by atoms with Crippen molar-refractivity contribution in [3.8, 4) is 0 Å². The van der Waals surface area contributed by atoms with Gasteiger partial charge in [-0.3, -0.25) is 4.98 Å². The van der Waals surface area contributed by atoms with Crippen molar-refractivity contribution in [3.05, 3.63) is 28.0 Å². The molecule has 1 aromatic rings. The van der Waals surface area contributed by atoms with Crippen LogP contribution in [-0.4, -0.2) is 4.98 Å². The molecule has 0 amide bonds. The summed E-state index contributed by atoms with van der Waals surface area (Å²) in [5.41, 5.74) is 2.56. The maximum atomic E-state index is 4.49. The highest BCUT2D eigenvalue weighted by atomic mass is 79.9. The molecule has 1 heterocycles. The zero-order chi connectivity index (χ0) is 10.8. The van der Waals surface area contributed by atoms with Gasteiger partial charge in [-0.2, -0.15) is 0 Å². The van der Waals surface area contributed by atoms with Crippen molar-refractivity contribution in [3.63, 3.8) is 0 Å². The van der Waals surface area contributed by atoms with Crippen LogP contribution < -0.4 is 0 Å². The first-order valence-electron chi connectivity index (χ1n) is 5.81. The molecule has 1 aromatic heterocycles. The molecule has 0 N–H and O–H groups in total. The molecule has 0 aromatic carbocycles. The number of hydrogen-bond acceptors (Lipinski definition) is 1. The molecule has 0 radical (unpaired) electrons. The lowest BCUT2D eigenvalue weighted by Crippen LogP contribution is -2.07. The minimum Gasteiger partial charge on any atom is -0.260 e. The van der Waals surface area contributed by atoms with Gasteiger partial charge in [-0.15, -0.1) is 0 Å². The Balaban J connectivity index is 2.05. The Labute approximate surface area is 100 Å². The molecule has 1 aliphatic carbocycles. The molecule has 0 saturated heterocycles. The third-order valence-electron chi connectivity index (χ3n) is 3.39. The van der Waals surface area contributed by atoms with Crippen molar-refractivity contribution >= 4 is 15.9 Å². The van der Waals surface area contributed by atoms with Crippen LogP contribution in [0.15, 0.2) is 16.7 Å². The van der Waals surface area contributed by atoms with Gasteiger partial charge in [0, 0.05) is 16.4 Å². The van der Waals surface area contributed by atoms with Gasteiger partial charge in [-0.05, 0) is 65.6 Å². The summed E-state index contributed by atoms with van der Waals surface area (Å²) in [4.78, 5) is 4.49. The van der Waals surface area contributed by atoms with E-state index in [9.17, 15) is 0 Å². The van der Waals surface area contributed by atoms with Crippen LogP contribution in [0, 0.1) is 18.8 Å². The van der Waals surface area contributed by atoms with Crippen molar-refractivity contribution in [2.45, 2.75) is 39.5 Å². The Morgan fingerprint density at radius 3 is 2.80 bits per heavy atom. The van der Waals surface area contributed by atoms with E-state index in [4.69, 9.17) is 0 Å². The second-order valence-corrected chi connectivity index (χ2v) is 5.49. The summed E-state index contributed by atoms with van der Waals surface area (Å²) in [5.74, 6) is 1.85. The Bertz CT molecular complexity index is 344. The number of hydrogen-bond donors (Lipinski definition) is 0. The average molecular weight is 268 g/mol. The SMILES string of the molecule is CCC(Cc1cc(C)c(Br)cn1)C1CC1. The van der Waals surface area contributed by atoms with Gasteiger partial charge in [0.25, 0.3) is 0 Å². The van der Waals surface area contributed by atoms with Gasteiger partial charge in [0.1, 0.15) is 0 Å². The lowest BCUT2D eigenvalue weighted by Gasteiger charge is -2.13. The lowest BCUT2D eigenvalue weighted by atomic mass is 9.94. The molecule has 1 fully saturated rings. The molecule has 1 unspecified atom stereocenters. The van der Waals surface area contributed by atoms with Crippen molar-refractivity contribution in [1.29, 1.82) is 0 Å². The standard InChI is InChI=1S/C13H18BrN/c1-3-10(11-4-5-11)7-12-6-9(2)13(14)8-15-12/h6,8,10-11H,3-5,7H2,1-2H3. The van der Waals surface area contributed by atoms with Crippen LogP contribution in [-0.2, 0) is 6.42 Å². The summed E-state index contributed by atoms with van der Waals surface area (Å²) < 4.78 is 1.12. The molecular formula is C13H18BrN.